The first-order valence-corrected chi connectivity index (χ1v) is 3.50. The molecule has 0 saturated heterocycles. The highest BCUT2D eigenvalue weighted by molar-refractivity contribution is 6.60. The second-order valence-electron chi connectivity index (χ2n) is 1.75. The minimum Gasteiger partial charge on any atom is -0.469 e. The van der Waals surface area contributed by atoms with Crippen LogP contribution in [0.25, 0.3) is 0 Å². The van der Waals surface area contributed by atoms with Gasteiger partial charge in [-0.25, -0.2) is 9.59 Å². The van der Waals surface area contributed by atoms with Gasteiger partial charge in [-0.2, -0.15) is 0 Å². The first-order valence-electron chi connectivity index (χ1n) is 3.12. The van der Waals surface area contributed by atoms with Gasteiger partial charge in [-0.1, -0.05) is 6.58 Å². The van der Waals surface area contributed by atoms with Crippen molar-refractivity contribution in [1.29, 1.82) is 0 Å². The maximum atomic E-state index is 10.4. The number of carboxylic acid groups (broad SMARTS) is 1. The summed E-state index contributed by atoms with van der Waals surface area (Å²) < 4.78 is 4.56. The highest BCUT2D eigenvalue weighted by Crippen LogP contribution is 1.89. The van der Waals surface area contributed by atoms with E-state index in [1.54, 1.807) is 13.8 Å². The van der Waals surface area contributed by atoms with Crippen LogP contribution in [0.15, 0.2) is 12.2 Å². The molecule has 70 valence electrons. The molecule has 0 aromatic heterocycles. The monoisotopic (exact) mass is 194 g/mol. The minimum absolute atomic E-state index is 0.312. The zero-order valence-electron chi connectivity index (χ0n) is 6.96. The largest absolute Gasteiger partial charge is 0.469 e. The fourth-order valence-electron chi connectivity index (χ4n) is 0.254. The van der Waals surface area contributed by atoms with Crippen LogP contribution in [0, 0.1) is 0 Å². The van der Waals surface area contributed by atoms with Crippen LogP contribution in [-0.4, -0.2) is 23.1 Å². The standard InChI is InChI=1S/C6H10O2.CHClO2/c1-4-8-6(7)5(2)3;2-1(3)4/h2,4H2,1,3H3;(H,3,4). The molecule has 0 aliphatic carbocycles. The van der Waals surface area contributed by atoms with Crippen LogP contribution in [0.1, 0.15) is 13.8 Å². The molecule has 0 amide bonds. The van der Waals surface area contributed by atoms with Crippen molar-refractivity contribution in [2.75, 3.05) is 6.61 Å². The van der Waals surface area contributed by atoms with Crippen molar-refractivity contribution >= 4 is 23.0 Å². The van der Waals surface area contributed by atoms with Crippen molar-refractivity contribution in [3.8, 4) is 0 Å². The van der Waals surface area contributed by atoms with Crippen LogP contribution in [0.3, 0.4) is 0 Å². The number of esters is 1. The van der Waals surface area contributed by atoms with Gasteiger partial charge < -0.3 is 9.84 Å². The third-order valence-corrected chi connectivity index (χ3v) is 0.624. The summed E-state index contributed by atoms with van der Waals surface area (Å²) in [7, 11) is 0. The minimum atomic E-state index is -1.36. The molecule has 0 unspecified atom stereocenters. The second-order valence-corrected chi connectivity index (χ2v) is 2.08. The predicted molar refractivity (Wildman–Crippen MR) is 45.3 cm³/mol. The molecule has 0 aromatic rings. The lowest BCUT2D eigenvalue weighted by molar-refractivity contribution is -0.138. The number of ether oxygens (including phenoxy) is 1. The zero-order valence-corrected chi connectivity index (χ0v) is 7.72. The molecule has 5 heteroatoms. The van der Waals surface area contributed by atoms with Gasteiger partial charge in [0.15, 0.2) is 0 Å². The normalized spacial score (nSPS) is 7.58. The highest BCUT2D eigenvalue weighted by Gasteiger charge is 1.98. The molecule has 0 rings (SSSR count). The summed E-state index contributed by atoms with van der Waals surface area (Å²) in [6.45, 7) is 7.21. The molecule has 0 atom stereocenters. The zero-order chi connectivity index (χ0) is 10.1. The molecule has 1 N–H and O–H groups in total. The maximum absolute atomic E-state index is 10.4. The molecule has 0 aliphatic heterocycles. The van der Waals surface area contributed by atoms with E-state index < -0.39 is 5.43 Å². The summed E-state index contributed by atoms with van der Waals surface area (Å²) in [6.07, 6.45) is 0. The molecule has 0 bridgehead atoms. The number of carbonyl (C=O) groups excluding carboxylic acids is 1. The van der Waals surface area contributed by atoms with E-state index in [9.17, 15) is 4.79 Å². The van der Waals surface area contributed by atoms with E-state index in [4.69, 9.17) is 9.90 Å². The van der Waals surface area contributed by atoms with Gasteiger partial charge in [-0.05, 0) is 13.8 Å². The molecule has 0 saturated carbocycles. The third-order valence-electron chi connectivity index (χ3n) is 0.624. The lowest BCUT2D eigenvalue weighted by Gasteiger charge is -1.96. The van der Waals surface area contributed by atoms with Crippen LogP contribution in [0.4, 0.5) is 4.79 Å². The van der Waals surface area contributed by atoms with E-state index in [2.05, 4.69) is 22.9 Å². The topological polar surface area (TPSA) is 63.6 Å². The molecule has 0 aromatic carbocycles. The van der Waals surface area contributed by atoms with Gasteiger partial charge in [0.1, 0.15) is 0 Å². The Morgan fingerprint density at radius 1 is 1.58 bits per heavy atom. The first kappa shape index (κ1) is 13.6. The lowest BCUT2D eigenvalue weighted by Crippen LogP contribution is -2.03. The third kappa shape index (κ3) is 16.0. The molecule has 0 fully saturated rings. The van der Waals surface area contributed by atoms with Crippen LogP contribution < -0.4 is 0 Å². The smallest absolute Gasteiger partial charge is 0.401 e. The number of hydrogen-bond acceptors (Lipinski definition) is 3. The van der Waals surface area contributed by atoms with E-state index in [1.807, 2.05) is 0 Å². The SMILES string of the molecule is C=C(C)C(=O)OCC.O=C(O)Cl. The number of hydrogen-bond donors (Lipinski definition) is 1. The van der Waals surface area contributed by atoms with E-state index in [0.717, 1.165) is 0 Å². The Kier molecular flexibility index (Phi) is 9.11. The summed E-state index contributed by atoms with van der Waals surface area (Å²) in [4.78, 5) is 19.2. The molecular formula is C7H11ClO4. The summed E-state index contributed by atoms with van der Waals surface area (Å²) >= 11 is 4.19. The van der Waals surface area contributed by atoms with Gasteiger partial charge in [0.2, 0.25) is 0 Å². The van der Waals surface area contributed by atoms with Crippen LogP contribution in [0.2, 0.25) is 0 Å². The predicted octanol–water partition coefficient (Wildman–Crippen LogP) is 2.03. The average molecular weight is 195 g/mol. The van der Waals surface area contributed by atoms with Gasteiger partial charge in [-0.3, -0.25) is 0 Å². The number of rotatable bonds is 2. The van der Waals surface area contributed by atoms with Crippen molar-refractivity contribution in [2.45, 2.75) is 13.8 Å². The Bertz CT molecular complexity index is 172. The Hall–Kier alpha value is -1.03. The number of halogens is 1. The van der Waals surface area contributed by atoms with Gasteiger partial charge in [-0.15, -0.1) is 0 Å². The van der Waals surface area contributed by atoms with Gasteiger partial charge in [0, 0.05) is 17.2 Å². The van der Waals surface area contributed by atoms with Crippen molar-refractivity contribution in [2.24, 2.45) is 0 Å². The maximum Gasteiger partial charge on any atom is 0.401 e. The molecule has 12 heavy (non-hydrogen) atoms. The second kappa shape index (κ2) is 8.07. The molecule has 0 aliphatic rings. The Labute approximate surface area is 75.8 Å². The van der Waals surface area contributed by atoms with Crippen molar-refractivity contribution in [3.05, 3.63) is 12.2 Å². The summed E-state index contributed by atoms with van der Waals surface area (Å²) in [5, 5.41) is 7.18. The fraction of sp³-hybridized carbons (Fsp3) is 0.429. The quantitative estimate of drug-likeness (QED) is 0.415. The molecule has 4 nitrogen and oxygen atoms in total. The van der Waals surface area contributed by atoms with Gasteiger partial charge in [0.25, 0.3) is 0 Å². The summed E-state index contributed by atoms with van der Waals surface area (Å²) in [6, 6.07) is 0. The average Bonchev–Trinajstić information content (AvgIpc) is 1.86. The molecule has 0 spiro atoms. The van der Waals surface area contributed by atoms with Gasteiger partial charge in [0.05, 0.1) is 6.61 Å². The van der Waals surface area contributed by atoms with Crippen molar-refractivity contribution in [3.63, 3.8) is 0 Å². The van der Waals surface area contributed by atoms with Gasteiger partial charge >= 0.3 is 11.4 Å². The fourth-order valence-corrected chi connectivity index (χ4v) is 0.254. The molecule has 0 radical (unpaired) electrons. The van der Waals surface area contributed by atoms with E-state index in [1.165, 1.54) is 0 Å². The van der Waals surface area contributed by atoms with Crippen molar-refractivity contribution < 1.29 is 19.4 Å². The van der Waals surface area contributed by atoms with E-state index >= 15 is 0 Å². The molecule has 0 heterocycles. The summed E-state index contributed by atoms with van der Waals surface area (Å²) in [5.74, 6) is -0.312. The Morgan fingerprint density at radius 3 is 2.00 bits per heavy atom. The van der Waals surface area contributed by atoms with Crippen LogP contribution in [0.5, 0.6) is 0 Å². The van der Waals surface area contributed by atoms with E-state index in [0.29, 0.717) is 12.2 Å². The van der Waals surface area contributed by atoms with Crippen LogP contribution >= 0.6 is 11.6 Å². The Balaban J connectivity index is 0. The highest BCUT2D eigenvalue weighted by atomic mass is 35.5. The lowest BCUT2D eigenvalue weighted by atomic mass is 10.4. The molecular weight excluding hydrogens is 184 g/mol. The first-order chi connectivity index (χ1) is 5.41. The summed E-state index contributed by atoms with van der Waals surface area (Å²) in [5.41, 5.74) is -0.910. The van der Waals surface area contributed by atoms with Crippen molar-refractivity contribution in [1.82, 2.24) is 0 Å². The van der Waals surface area contributed by atoms with Crippen LogP contribution in [-0.2, 0) is 9.53 Å². The van der Waals surface area contributed by atoms with E-state index in [-0.39, 0.29) is 5.97 Å². The Morgan fingerprint density at radius 2 is 1.92 bits per heavy atom. The number of carbonyl (C=O) groups is 2.